The Bertz CT molecular complexity index is 1520. The number of rotatable bonds is 3. The van der Waals surface area contributed by atoms with E-state index in [1.807, 2.05) is 42.5 Å². The van der Waals surface area contributed by atoms with E-state index in [4.69, 9.17) is 0 Å². The fourth-order valence-electron chi connectivity index (χ4n) is 4.79. The van der Waals surface area contributed by atoms with Crippen molar-refractivity contribution in [2.24, 2.45) is 0 Å². The van der Waals surface area contributed by atoms with Crippen LogP contribution < -0.4 is 5.56 Å². The molecule has 3 heterocycles. The number of benzene rings is 2. The Morgan fingerprint density at radius 2 is 1.75 bits per heavy atom. The molecule has 2 aromatic heterocycles. The molecule has 2 aliphatic rings. The fraction of sp³-hybridized carbons (Fsp3) is 0.250. The highest BCUT2D eigenvalue weighted by atomic mass is 32.2. The van der Waals surface area contributed by atoms with E-state index in [1.165, 1.54) is 14.4 Å². The highest BCUT2D eigenvalue weighted by Crippen LogP contribution is 2.28. The van der Waals surface area contributed by atoms with Gasteiger partial charge in [0, 0.05) is 25.6 Å². The molecule has 7 nitrogen and oxygen atoms in total. The molecule has 1 aliphatic heterocycles. The van der Waals surface area contributed by atoms with Crippen molar-refractivity contribution < 1.29 is 8.42 Å². The van der Waals surface area contributed by atoms with E-state index in [2.05, 4.69) is 10.1 Å². The number of sulfonamides is 1. The summed E-state index contributed by atoms with van der Waals surface area (Å²) in [7, 11) is -3.69. The van der Waals surface area contributed by atoms with Gasteiger partial charge in [-0.2, -0.15) is 4.31 Å². The summed E-state index contributed by atoms with van der Waals surface area (Å²) in [6, 6.07) is 17.0. The van der Waals surface area contributed by atoms with Crippen molar-refractivity contribution in [3.8, 4) is 11.3 Å². The summed E-state index contributed by atoms with van der Waals surface area (Å²) in [5, 5.41) is 3.12. The fourth-order valence-corrected chi connectivity index (χ4v) is 6.25. The van der Waals surface area contributed by atoms with Crippen molar-refractivity contribution in [2.45, 2.75) is 37.1 Å². The van der Waals surface area contributed by atoms with Crippen LogP contribution in [0, 0.1) is 0 Å². The second-order valence-electron chi connectivity index (χ2n) is 8.44. The van der Waals surface area contributed by atoms with Gasteiger partial charge in [-0.05, 0) is 48.1 Å². The SMILES string of the molecule is O=c1c2c(nc3cc(-c4ccccc4)[nH]n13)CCN(S(=O)(=O)c1ccc3c(c1)CCC3)C2. The summed E-state index contributed by atoms with van der Waals surface area (Å²) in [4.78, 5) is 18.2. The quantitative estimate of drug-likeness (QED) is 0.524. The van der Waals surface area contributed by atoms with E-state index in [0.717, 1.165) is 36.1 Å². The molecule has 162 valence electrons. The summed E-state index contributed by atoms with van der Waals surface area (Å²) in [6.45, 7) is 0.341. The Kier molecular flexibility index (Phi) is 4.34. The van der Waals surface area contributed by atoms with Crippen molar-refractivity contribution in [3.63, 3.8) is 0 Å². The predicted molar refractivity (Wildman–Crippen MR) is 121 cm³/mol. The third-order valence-corrected chi connectivity index (χ3v) is 8.36. The second kappa shape index (κ2) is 7.15. The smallest absolute Gasteiger partial charge is 0.277 e. The van der Waals surface area contributed by atoms with Crippen LogP contribution in [0.3, 0.4) is 0 Å². The number of aromatic amines is 1. The summed E-state index contributed by atoms with van der Waals surface area (Å²) in [5.74, 6) is 0. The molecule has 8 heteroatoms. The van der Waals surface area contributed by atoms with Gasteiger partial charge < -0.3 is 0 Å². The lowest BCUT2D eigenvalue weighted by atomic mass is 10.1. The Labute approximate surface area is 185 Å². The third kappa shape index (κ3) is 3.02. The Morgan fingerprint density at radius 1 is 0.938 bits per heavy atom. The highest BCUT2D eigenvalue weighted by Gasteiger charge is 2.32. The normalized spacial score (nSPS) is 16.2. The van der Waals surface area contributed by atoms with Crippen molar-refractivity contribution >= 4 is 15.7 Å². The first kappa shape index (κ1) is 19.5. The van der Waals surface area contributed by atoms with Crippen LogP contribution in [0.15, 0.2) is 64.3 Å². The molecule has 6 rings (SSSR count). The van der Waals surface area contributed by atoms with E-state index in [-0.39, 0.29) is 12.1 Å². The van der Waals surface area contributed by atoms with Crippen LogP contribution in [0.5, 0.6) is 0 Å². The van der Waals surface area contributed by atoms with E-state index >= 15 is 0 Å². The van der Waals surface area contributed by atoms with Crippen molar-refractivity contribution in [1.29, 1.82) is 0 Å². The largest absolute Gasteiger partial charge is 0.289 e. The molecule has 32 heavy (non-hydrogen) atoms. The van der Waals surface area contributed by atoms with E-state index < -0.39 is 10.0 Å². The molecular weight excluding hydrogens is 424 g/mol. The number of aryl methyl sites for hydroxylation is 2. The molecule has 2 aromatic carbocycles. The Hall–Kier alpha value is -3.23. The molecular formula is C24H22N4O3S. The minimum Gasteiger partial charge on any atom is -0.289 e. The van der Waals surface area contributed by atoms with Gasteiger partial charge in [-0.3, -0.25) is 9.89 Å². The number of fused-ring (bicyclic) bond motifs is 3. The monoisotopic (exact) mass is 446 g/mol. The van der Waals surface area contributed by atoms with E-state index in [0.29, 0.717) is 34.8 Å². The first-order chi connectivity index (χ1) is 15.5. The number of hydrogen-bond donors (Lipinski definition) is 1. The summed E-state index contributed by atoms with van der Waals surface area (Å²) in [5.41, 5.74) is 5.50. The lowest BCUT2D eigenvalue weighted by Crippen LogP contribution is -2.40. The number of aromatic nitrogens is 3. The molecule has 0 spiro atoms. The third-order valence-electron chi connectivity index (χ3n) is 6.52. The topological polar surface area (TPSA) is 87.5 Å². The minimum absolute atomic E-state index is 0.0310. The van der Waals surface area contributed by atoms with Crippen LogP contribution in [-0.4, -0.2) is 33.9 Å². The molecule has 0 radical (unpaired) electrons. The minimum atomic E-state index is -3.69. The summed E-state index contributed by atoms with van der Waals surface area (Å²) < 4.78 is 29.5. The summed E-state index contributed by atoms with van der Waals surface area (Å²) >= 11 is 0. The zero-order chi connectivity index (χ0) is 21.9. The number of hydrogen-bond acceptors (Lipinski definition) is 4. The van der Waals surface area contributed by atoms with Gasteiger partial charge in [0.1, 0.15) is 0 Å². The average molecular weight is 447 g/mol. The van der Waals surface area contributed by atoms with Crippen LogP contribution in [0.2, 0.25) is 0 Å². The molecule has 0 bridgehead atoms. The van der Waals surface area contributed by atoms with E-state index in [1.54, 1.807) is 12.1 Å². The molecule has 0 unspecified atom stereocenters. The van der Waals surface area contributed by atoms with Crippen LogP contribution in [0.4, 0.5) is 0 Å². The first-order valence-corrected chi connectivity index (χ1v) is 12.3. The molecule has 0 fully saturated rings. The standard InChI is InChI=1S/C24H22N4O3S/c29-24-20-15-27(32(30,31)19-10-9-16-7-4-8-18(16)13-19)12-11-21(20)25-23-14-22(26-28(23)24)17-5-2-1-3-6-17/h1-3,5-6,9-10,13-14,26H,4,7-8,11-12,15H2. The van der Waals surface area contributed by atoms with Crippen molar-refractivity contribution in [2.75, 3.05) is 6.54 Å². The molecule has 1 N–H and O–H groups in total. The van der Waals surface area contributed by atoms with Crippen LogP contribution in [0.1, 0.15) is 28.8 Å². The highest BCUT2D eigenvalue weighted by molar-refractivity contribution is 7.89. The second-order valence-corrected chi connectivity index (χ2v) is 10.4. The maximum Gasteiger partial charge on any atom is 0.277 e. The first-order valence-electron chi connectivity index (χ1n) is 10.8. The van der Waals surface area contributed by atoms with Gasteiger partial charge in [0.05, 0.1) is 21.8 Å². The van der Waals surface area contributed by atoms with Crippen molar-refractivity contribution in [1.82, 2.24) is 18.9 Å². The molecule has 4 aromatic rings. The Morgan fingerprint density at radius 3 is 2.59 bits per heavy atom. The Balaban J connectivity index is 1.38. The van der Waals surface area contributed by atoms with Gasteiger partial charge >= 0.3 is 0 Å². The lowest BCUT2D eigenvalue weighted by molar-refractivity contribution is 0.384. The maximum absolute atomic E-state index is 13.3. The number of H-pyrrole nitrogens is 1. The molecule has 0 saturated heterocycles. The van der Waals surface area contributed by atoms with Crippen LogP contribution in [-0.2, 0) is 35.8 Å². The zero-order valence-electron chi connectivity index (χ0n) is 17.4. The van der Waals surface area contributed by atoms with Crippen LogP contribution >= 0.6 is 0 Å². The van der Waals surface area contributed by atoms with Crippen molar-refractivity contribution in [3.05, 3.63) is 87.3 Å². The molecule has 0 saturated carbocycles. The van der Waals surface area contributed by atoms with Gasteiger partial charge in [0.15, 0.2) is 5.65 Å². The maximum atomic E-state index is 13.3. The number of nitrogens with one attached hydrogen (secondary N) is 1. The zero-order valence-corrected chi connectivity index (χ0v) is 18.2. The molecule has 1 aliphatic carbocycles. The summed E-state index contributed by atoms with van der Waals surface area (Å²) in [6.07, 6.45) is 3.40. The van der Waals surface area contributed by atoms with Gasteiger partial charge in [-0.25, -0.2) is 17.9 Å². The molecule has 0 atom stereocenters. The van der Waals surface area contributed by atoms with Gasteiger partial charge in [0.2, 0.25) is 10.0 Å². The predicted octanol–water partition coefficient (Wildman–Crippen LogP) is 2.93. The average Bonchev–Trinajstić information content (AvgIpc) is 3.46. The van der Waals surface area contributed by atoms with Gasteiger partial charge in [0.25, 0.3) is 5.56 Å². The molecule has 0 amide bonds. The lowest BCUT2D eigenvalue weighted by Gasteiger charge is -2.27. The van der Waals surface area contributed by atoms with Gasteiger partial charge in [-0.1, -0.05) is 36.4 Å². The van der Waals surface area contributed by atoms with Crippen LogP contribution in [0.25, 0.3) is 16.9 Å². The number of nitrogens with zero attached hydrogens (tertiary/aromatic N) is 3. The van der Waals surface area contributed by atoms with E-state index in [9.17, 15) is 13.2 Å². The van der Waals surface area contributed by atoms with Gasteiger partial charge in [-0.15, -0.1) is 0 Å².